The number of hydrogen-bond acceptors (Lipinski definition) is 6. The van der Waals surface area contributed by atoms with E-state index in [1.165, 1.54) is 5.56 Å². The Kier molecular flexibility index (Phi) is 8.01. The maximum atomic E-state index is 13.7. The van der Waals surface area contributed by atoms with Crippen molar-refractivity contribution in [1.29, 1.82) is 0 Å². The fourth-order valence-electron chi connectivity index (χ4n) is 8.74. The number of esters is 1. The maximum Gasteiger partial charge on any atom is 0.340 e. The molecule has 4 atom stereocenters. The van der Waals surface area contributed by atoms with Crippen molar-refractivity contribution in [1.82, 2.24) is 4.90 Å². The number of likely N-dealkylation sites (tertiary alicyclic amines) is 1. The Labute approximate surface area is 249 Å². The molecule has 2 saturated heterocycles. The third-order valence-corrected chi connectivity index (χ3v) is 10.8. The number of para-hydroxylation sites is 1. The summed E-state index contributed by atoms with van der Waals surface area (Å²) in [4.78, 5) is 42.8. The fourth-order valence-corrected chi connectivity index (χ4v) is 8.74. The molecule has 4 aliphatic rings. The molecule has 2 aromatic carbocycles. The van der Waals surface area contributed by atoms with E-state index in [1.807, 2.05) is 6.07 Å². The molecule has 224 valence electrons. The molecule has 0 aromatic heterocycles. The molecular formula is C35H44N2O5. The summed E-state index contributed by atoms with van der Waals surface area (Å²) < 4.78 is 6.14. The summed E-state index contributed by atoms with van der Waals surface area (Å²) in [5.41, 5.74) is 0.207. The summed E-state index contributed by atoms with van der Waals surface area (Å²) >= 11 is 0. The molecule has 2 saturated carbocycles. The number of rotatable bonds is 8. The molecule has 2 bridgehead atoms. The summed E-state index contributed by atoms with van der Waals surface area (Å²) in [6.45, 7) is 4.41. The normalized spacial score (nSPS) is 31.5. The monoisotopic (exact) mass is 572 g/mol. The highest BCUT2D eigenvalue weighted by Crippen LogP contribution is 2.63. The summed E-state index contributed by atoms with van der Waals surface area (Å²) in [6.07, 6.45) is 10.0. The van der Waals surface area contributed by atoms with Gasteiger partial charge in [0.25, 0.3) is 0 Å². The third kappa shape index (κ3) is 4.98. The number of anilines is 1. The van der Waals surface area contributed by atoms with Crippen molar-refractivity contribution >= 4 is 23.5 Å². The fraction of sp³-hybridized carbons (Fsp3) is 0.571. The second-order valence-electron chi connectivity index (χ2n) is 13.4. The van der Waals surface area contributed by atoms with E-state index < -0.39 is 22.9 Å². The van der Waals surface area contributed by atoms with Crippen LogP contribution in [0.15, 0.2) is 54.6 Å². The Hall–Kier alpha value is -3.03. The lowest BCUT2D eigenvalue weighted by Crippen LogP contribution is -2.73. The average Bonchev–Trinajstić information content (AvgIpc) is 3.11. The number of nitrogens with zero attached hydrogens (tertiary/aromatic N) is 2. The van der Waals surface area contributed by atoms with Gasteiger partial charge in [-0.3, -0.25) is 9.59 Å². The SMILES string of the molecule is CC1CC(=O)N(c2ccccc2C(=O)OC[C@@]23CCC[C@]4(CCCCC[C@@]42O)CN(CCCc2ccccc2)C3)C1=O. The van der Waals surface area contributed by atoms with Crippen LogP contribution in [0.4, 0.5) is 5.69 Å². The molecule has 4 fully saturated rings. The van der Waals surface area contributed by atoms with E-state index in [9.17, 15) is 19.5 Å². The first-order chi connectivity index (χ1) is 20.3. The molecule has 7 heteroatoms. The largest absolute Gasteiger partial charge is 0.461 e. The van der Waals surface area contributed by atoms with Crippen molar-refractivity contribution in [3.63, 3.8) is 0 Å². The highest BCUT2D eigenvalue weighted by Gasteiger charge is 2.67. The zero-order valence-electron chi connectivity index (χ0n) is 24.9. The molecular weight excluding hydrogens is 528 g/mol. The number of aliphatic hydroxyl groups is 1. The lowest BCUT2D eigenvalue weighted by molar-refractivity contribution is -0.258. The second kappa shape index (κ2) is 11.6. The predicted molar refractivity (Wildman–Crippen MR) is 161 cm³/mol. The van der Waals surface area contributed by atoms with E-state index in [1.54, 1.807) is 31.2 Å². The second-order valence-corrected chi connectivity index (χ2v) is 13.4. The third-order valence-electron chi connectivity index (χ3n) is 10.8. The smallest absolute Gasteiger partial charge is 0.340 e. The van der Waals surface area contributed by atoms with Gasteiger partial charge in [-0.05, 0) is 62.8 Å². The van der Waals surface area contributed by atoms with Crippen LogP contribution in [0.1, 0.15) is 87.1 Å². The van der Waals surface area contributed by atoms with E-state index in [4.69, 9.17) is 4.74 Å². The van der Waals surface area contributed by atoms with Gasteiger partial charge in [-0.1, -0.05) is 75.1 Å². The molecule has 0 spiro atoms. The van der Waals surface area contributed by atoms with Gasteiger partial charge in [0.05, 0.1) is 16.9 Å². The van der Waals surface area contributed by atoms with Crippen LogP contribution in [0.2, 0.25) is 0 Å². The van der Waals surface area contributed by atoms with E-state index in [0.29, 0.717) is 6.54 Å². The standard InChI is InChI=1S/C35H44N2O5/c1-26-22-30(38)37(31(26)39)29-16-7-6-15-28(29)32(40)42-25-34-19-11-18-33(17-8-3-9-20-35(33,34)41)23-36(24-34)21-10-14-27-12-4-2-5-13-27/h2,4-7,12-13,15-16,26,41H,3,8-11,14,17-25H2,1H3/t26?,33-,34+,35-/m1/s1. The number of ether oxygens (including phenoxy) is 1. The minimum absolute atomic E-state index is 0.131. The van der Waals surface area contributed by atoms with Gasteiger partial charge in [-0.25, -0.2) is 9.69 Å². The van der Waals surface area contributed by atoms with Crippen LogP contribution in [0.25, 0.3) is 0 Å². The molecule has 1 unspecified atom stereocenters. The average molecular weight is 573 g/mol. The topological polar surface area (TPSA) is 87.2 Å². The molecule has 1 N–H and O–H groups in total. The van der Waals surface area contributed by atoms with Gasteiger partial charge in [0.15, 0.2) is 0 Å². The van der Waals surface area contributed by atoms with Crippen molar-refractivity contribution < 1.29 is 24.2 Å². The zero-order valence-corrected chi connectivity index (χ0v) is 24.9. The van der Waals surface area contributed by atoms with Crippen molar-refractivity contribution in [3.8, 4) is 0 Å². The molecule has 42 heavy (non-hydrogen) atoms. The lowest BCUT2D eigenvalue weighted by Gasteiger charge is -2.66. The van der Waals surface area contributed by atoms with Crippen molar-refractivity contribution in [2.45, 2.75) is 83.2 Å². The molecule has 2 aliphatic heterocycles. The number of benzene rings is 2. The first-order valence-electron chi connectivity index (χ1n) is 15.9. The van der Waals surface area contributed by atoms with E-state index in [2.05, 4.69) is 29.2 Å². The predicted octanol–water partition coefficient (Wildman–Crippen LogP) is 5.54. The lowest BCUT2D eigenvalue weighted by atomic mass is 9.47. The Morgan fingerprint density at radius 3 is 2.45 bits per heavy atom. The minimum Gasteiger partial charge on any atom is -0.461 e. The number of carbonyl (C=O) groups excluding carboxylic acids is 3. The summed E-state index contributed by atoms with van der Waals surface area (Å²) in [6, 6.07) is 17.3. The molecule has 2 amide bonds. The van der Waals surface area contributed by atoms with Gasteiger partial charge in [0, 0.05) is 36.3 Å². The summed E-state index contributed by atoms with van der Waals surface area (Å²) in [7, 11) is 0. The number of imide groups is 1. The van der Waals surface area contributed by atoms with Crippen LogP contribution >= 0.6 is 0 Å². The van der Waals surface area contributed by atoms with Gasteiger partial charge in [0.2, 0.25) is 11.8 Å². The van der Waals surface area contributed by atoms with Gasteiger partial charge in [-0.2, -0.15) is 0 Å². The first kappa shape index (κ1) is 29.1. The van der Waals surface area contributed by atoms with Crippen LogP contribution < -0.4 is 4.90 Å². The van der Waals surface area contributed by atoms with E-state index in [0.717, 1.165) is 82.2 Å². The first-order valence-corrected chi connectivity index (χ1v) is 15.9. The Morgan fingerprint density at radius 2 is 1.67 bits per heavy atom. The number of amides is 2. The van der Waals surface area contributed by atoms with Gasteiger partial charge >= 0.3 is 5.97 Å². The minimum atomic E-state index is -0.888. The van der Waals surface area contributed by atoms with Crippen molar-refractivity contribution in [2.24, 2.45) is 16.7 Å². The van der Waals surface area contributed by atoms with Gasteiger partial charge in [0.1, 0.15) is 6.61 Å². The van der Waals surface area contributed by atoms with Crippen molar-refractivity contribution in [3.05, 3.63) is 65.7 Å². The quantitative estimate of drug-likeness (QED) is 0.330. The Balaban J connectivity index is 1.24. The number of aryl methyl sites for hydroxylation is 1. The molecule has 2 aliphatic carbocycles. The zero-order chi connectivity index (χ0) is 29.4. The number of hydrogen-bond donors (Lipinski definition) is 1. The van der Waals surface area contributed by atoms with Crippen molar-refractivity contribution in [2.75, 3.05) is 31.1 Å². The molecule has 0 radical (unpaired) electrons. The molecule has 6 rings (SSSR count). The molecule has 2 aromatic rings. The van der Waals surface area contributed by atoms with Crippen LogP contribution in [0, 0.1) is 16.7 Å². The number of piperidine rings is 1. The van der Waals surface area contributed by atoms with E-state index >= 15 is 0 Å². The van der Waals surface area contributed by atoms with Crippen LogP contribution in [0.3, 0.4) is 0 Å². The molecule has 2 heterocycles. The highest BCUT2D eigenvalue weighted by molar-refractivity contribution is 6.22. The Morgan fingerprint density at radius 1 is 0.929 bits per heavy atom. The summed E-state index contributed by atoms with van der Waals surface area (Å²) in [5, 5.41) is 12.7. The maximum absolute atomic E-state index is 13.7. The van der Waals surface area contributed by atoms with E-state index in [-0.39, 0.29) is 41.5 Å². The van der Waals surface area contributed by atoms with Crippen LogP contribution in [-0.2, 0) is 20.7 Å². The molecule has 7 nitrogen and oxygen atoms in total. The van der Waals surface area contributed by atoms with Crippen LogP contribution in [-0.4, -0.2) is 59.6 Å². The highest BCUT2D eigenvalue weighted by atomic mass is 16.5. The van der Waals surface area contributed by atoms with Crippen LogP contribution in [0.5, 0.6) is 0 Å². The van der Waals surface area contributed by atoms with Gasteiger partial charge in [-0.15, -0.1) is 0 Å². The number of carbonyl (C=O) groups is 3. The Bertz CT molecular complexity index is 1330. The van der Waals surface area contributed by atoms with Gasteiger partial charge < -0.3 is 14.7 Å². The summed E-state index contributed by atoms with van der Waals surface area (Å²) in [5.74, 6) is -1.54.